The zero-order valence-corrected chi connectivity index (χ0v) is 10.3. The summed E-state index contributed by atoms with van der Waals surface area (Å²) >= 11 is 0. The highest BCUT2D eigenvalue weighted by atomic mass is 15.2. The summed E-state index contributed by atoms with van der Waals surface area (Å²) < 4.78 is 0. The van der Waals surface area contributed by atoms with Gasteiger partial charge < -0.3 is 5.73 Å². The SMILES string of the molecule is CC1CN(Cc2ccccc2)C(C)CC1N. The third kappa shape index (κ3) is 2.63. The molecule has 1 fully saturated rings. The second-order valence-electron chi connectivity index (χ2n) is 5.14. The average Bonchev–Trinajstić information content (AvgIpc) is 2.27. The summed E-state index contributed by atoms with van der Waals surface area (Å²) in [7, 11) is 0. The summed E-state index contributed by atoms with van der Waals surface area (Å²) in [5.41, 5.74) is 7.50. The largest absolute Gasteiger partial charge is 0.327 e. The van der Waals surface area contributed by atoms with Crippen molar-refractivity contribution in [3.05, 3.63) is 35.9 Å². The van der Waals surface area contributed by atoms with Gasteiger partial charge in [-0.25, -0.2) is 0 Å². The van der Waals surface area contributed by atoms with Crippen molar-refractivity contribution >= 4 is 0 Å². The van der Waals surface area contributed by atoms with Gasteiger partial charge in [-0.05, 0) is 24.8 Å². The Hall–Kier alpha value is -0.860. The van der Waals surface area contributed by atoms with Crippen molar-refractivity contribution in [3.63, 3.8) is 0 Å². The van der Waals surface area contributed by atoms with Crippen molar-refractivity contribution in [2.45, 2.75) is 38.9 Å². The van der Waals surface area contributed by atoms with E-state index in [2.05, 4.69) is 49.1 Å². The van der Waals surface area contributed by atoms with E-state index in [0.29, 0.717) is 18.0 Å². The fraction of sp³-hybridized carbons (Fsp3) is 0.571. The van der Waals surface area contributed by atoms with E-state index >= 15 is 0 Å². The molecule has 3 unspecified atom stereocenters. The molecule has 0 bridgehead atoms. The van der Waals surface area contributed by atoms with Crippen molar-refractivity contribution in [3.8, 4) is 0 Å². The predicted molar refractivity (Wildman–Crippen MR) is 68.1 cm³/mol. The minimum Gasteiger partial charge on any atom is -0.327 e. The van der Waals surface area contributed by atoms with Crippen LogP contribution in [0.1, 0.15) is 25.8 Å². The lowest BCUT2D eigenvalue weighted by atomic mass is 9.90. The first kappa shape index (κ1) is 11.6. The Morgan fingerprint density at radius 1 is 1.25 bits per heavy atom. The predicted octanol–water partition coefficient (Wildman–Crippen LogP) is 2.24. The van der Waals surface area contributed by atoms with Gasteiger partial charge in [0.1, 0.15) is 0 Å². The van der Waals surface area contributed by atoms with Crippen molar-refractivity contribution < 1.29 is 0 Å². The lowest BCUT2D eigenvalue weighted by Gasteiger charge is -2.40. The van der Waals surface area contributed by atoms with Crippen molar-refractivity contribution in [1.82, 2.24) is 4.90 Å². The van der Waals surface area contributed by atoms with E-state index < -0.39 is 0 Å². The van der Waals surface area contributed by atoms with Crippen LogP contribution < -0.4 is 5.73 Å². The van der Waals surface area contributed by atoms with Gasteiger partial charge in [-0.3, -0.25) is 4.90 Å². The van der Waals surface area contributed by atoms with E-state index in [1.54, 1.807) is 0 Å². The first-order chi connectivity index (χ1) is 7.66. The molecule has 0 aromatic heterocycles. The molecule has 0 spiro atoms. The number of hydrogen-bond donors (Lipinski definition) is 1. The van der Waals surface area contributed by atoms with Crippen LogP contribution in [-0.2, 0) is 6.54 Å². The fourth-order valence-electron chi connectivity index (χ4n) is 2.50. The molecular formula is C14H22N2. The molecule has 1 heterocycles. The van der Waals surface area contributed by atoms with Crippen molar-refractivity contribution in [2.75, 3.05) is 6.54 Å². The topological polar surface area (TPSA) is 29.3 Å². The molecular weight excluding hydrogens is 196 g/mol. The maximum absolute atomic E-state index is 6.10. The Kier molecular flexibility index (Phi) is 3.62. The highest BCUT2D eigenvalue weighted by Gasteiger charge is 2.28. The third-order valence-corrected chi connectivity index (χ3v) is 3.72. The first-order valence-electron chi connectivity index (χ1n) is 6.20. The summed E-state index contributed by atoms with van der Waals surface area (Å²) in [5, 5.41) is 0. The summed E-state index contributed by atoms with van der Waals surface area (Å²) in [6, 6.07) is 11.7. The molecule has 2 rings (SSSR count). The standard InChI is InChI=1S/C14H22N2/c1-11-9-16(12(2)8-14(11)15)10-13-6-4-3-5-7-13/h3-7,11-12,14H,8-10,15H2,1-2H3. The van der Waals surface area contributed by atoms with E-state index in [9.17, 15) is 0 Å². The van der Waals surface area contributed by atoms with Crippen molar-refractivity contribution in [2.24, 2.45) is 11.7 Å². The summed E-state index contributed by atoms with van der Waals surface area (Å²) in [5.74, 6) is 0.611. The van der Waals surface area contributed by atoms with E-state index in [1.807, 2.05) is 0 Å². The molecule has 1 aliphatic rings. The molecule has 2 nitrogen and oxygen atoms in total. The smallest absolute Gasteiger partial charge is 0.0236 e. The van der Waals surface area contributed by atoms with E-state index in [-0.39, 0.29) is 0 Å². The second kappa shape index (κ2) is 4.98. The maximum Gasteiger partial charge on any atom is 0.0236 e. The lowest BCUT2D eigenvalue weighted by molar-refractivity contribution is 0.102. The van der Waals surface area contributed by atoms with Crippen LogP contribution in [0.2, 0.25) is 0 Å². The molecule has 2 heteroatoms. The molecule has 16 heavy (non-hydrogen) atoms. The molecule has 0 radical (unpaired) electrons. The maximum atomic E-state index is 6.10. The Bertz CT molecular complexity index is 323. The highest BCUT2D eigenvalue weighted by Crippen LogP contribution is 2.22. The van der Waals surface area contributed by atoms with Crippen LogP contribution in [0.5, 0.6) is 0 Å². The Morgan fingerprint density at radius 3 is 2.62 bits per heavy atom. The van der Waals surface area contributed by atoms with E-state index in [0.717, 1.165) is 19.5 Å². The molecule has 1 aromatic rings. The minimum absolute atomic E-state index is 0.377. The molecule has 1 aromatic carbocycles. The molecule has 0 amide bonds. The molecule has 0 saturated carbocycles. The number of benzene rings is 1. The zero-order valence-electron chi connectivity index (χ0n) is 10.3. The normalized spacial score (nSPS) is 31.6. The van der Waals surface area contributed by atoms with Crippen LogP contribution in [0.4, 0.5) is 0 Å². The van der Waals surface area contributed by atoms with Gasteiger partial charge in [-0.1, -0.05) is 37.3 Å². The summed E-state index contributed by atoms with van der Waals surface area (Å²) in [6.45, 7) is 6.72. The van der Waals surface area contributed by atoms with Gasteiger partial charge >= 0.3 is 0 Å². The van der Waals surface area contributed by atoms with E-state index in [1.165, 1.54) is 5.56 Å². The molecule has 0 aliphatic carbocycles. The van der Waals surface area contributed by atoms with Crippen molar-refractivity contribution in [1.29, 1.82) is 0 Å². The molecule has 3 atom stereocenters. The Labute approximate surface area is 98.4 Å². The van der Waals surface area contributed by atoms with Gasteiger partial charge in [0.25, 0.3) is 0 Å². The quantitative estimate of drug-likeness (QED) is 0.825. The second-order valence-corrected chi connectivity index (χ2v) is 5.14. The van der Waals surface area contributed by atoms with Crippen LogP contribution in [-0.4, -0.2) is 23.5 Å². The van der Waals surface area contributed by atoms with Crippen LogP contribution >= 0.6 is 0 Å². The highest BCUT2D eigenvalue weighted by molar-refractivity contribution is 5.14. The molecule has 1 saturated heterocycles. The van der Waals surface area contributed by atoms with Gasteiger partial charge in [-0.2, -0.15) is 0 Å². The Balaban J connectivity index is 2.00. The minimum atomic E-state index is 0.377. The molecule has 2 N–H and O–H groups in total. The van der Waals surface area contributed by atoms with Gasteiger partial charge in [0.05, 0.1) is 0 Å². The van der Waals surface area contributed by atoms with Crippen LogP contribution in [0.3, 0.4) is 0 Å². The lowest BCUT2D eigenvalue weighted by Crippen LogP contribution is -2.50. The van der Waals surface area contributed by atoms with Gasteiger partial charge in [-0.15, -0.1) is 0 Å². The van der Waals surface area contributed by atoms with Gasteiger partial charge in [0.2, 0.25) is 0 Å². The number of piperidine rings is 1. The number of likely N-dealkylation sites (tertiary alicyclic amines) is 1. The number of rotatable bonds is 2. The zero-order chi connectivity index (χ0) is 11.5. The van der Waals surface area contributed by atoms with Crippen LogP contribution in [0.25, 0.3) is 0 Å². The van der Waals surface area contributed by atoms with Crippen LogP contribution in [0, 0.1) is 5.92 Å². The van der Waals surface area contributed by atoms with Gasteiger partial charge in [0.15, 0.2) is 0 Å². The molecule has 1 aliphatic heterocycles. The van der Waals surface area contributed by atoms with E-state index in [4.69, 9.17) is 5.73 Å². The molecule has 88 valence electrons. The first-order valence-corrected chi connectivity index (χ1v) is 6.20. The number of hydrogen-bond acceptors (Lipinski definition) is 2. The number of nitrogens with zero attached hydrogens (tertiary/aromatic N) is 1. The number of nitrogens with two attached hydrogens (primary N) is 1. The monoisotopic (exact) mass is 218 g/mol. The average molecular weight is 218 g/mol. The summed E-state index contributed by atoms with van der Waals surface area (Å²) in [4.78, 5) is 2.54. The Morgan fingerprint density at radius 2 is 1.94 bits per heavy atom. The third-order valence-electron chi connectivity index (χ3n) is 3.72. The fourth-order valence-corrected chi connectivity index (χ4v) is 2.50. The van der Waals surface area contributed by atoms with Gasteiger partial charge in [0, 0.05) is 25.2 Å². The van der Waals surface area contributed by atoms with Crippen LogP contribution in [0.15, 0.2) is 30.3 Å². The summed E-state index contributed by atoms with van der Waals surface area (Å²) in [6.07, 6.45) is 1.12.